The minimum atomic E-state index is 0.495. The summed E-state index contributed by atoms with van der Waals surface area (Å²) >= 11 is 0. The molecule has 0 bridgehead atoms. The molecular weight excluding hydrogens is 180 g/mol. The van der Waals surface area contributed by atoms with Gasteiger partial charge in [0.1, 0.15) is 0 Å². The molecule has 2 rings (SSSR count). The standard InChI is InChI=1S/C9H14N4O/c10-8-9(12-3-2-11-8)13-4-1-6-14-7-5-13/h2-3H,1,4-7H2,(H2,10,11). The molecule has 2 N–H and O–H groups in total. The molecular formula is C9H14N4O. The fourth-order valence-corrected chi connectivity index (χ4v) is 1.54. The first kappa shape index (κ1) is 9.21. The fourth-order valence-electron chi connectivity index (χ4n) is 1.54. The average molecular weight is 194 g/mol. The van der Waals surface area contributed by atoms with Crippen molar-refractivity contribution in [2.75, 3.05) is 36.9 Å². The van der Waals surface area contributed by atoms with Gasteiger partial charge in [-0.05, 0) is 6.42 Å². The van der Waals surface area contributed by atoms with E-state index in [0.717, 1.165) is 38.5 Å². The van der Waals surface area contributed by atoms with Crippen LogP contribution in [-0.2, 0) is 4.74 Å². The van der Waals surface area contributed by atoms with E-state index in [1.54, 1.807) is 12.4 Å². The number of aromatic nitrogens is 2. The Morgan fingerprint density at radius 2 is 2.07 bits per heavy atom. The second-order valence-electron chi connectivity index (χ2n) is 3.22. The van der Waals surface area contributed by atoms with Gasteiger partial charge in [0.25, 0.3) is 0 Å². The smallest absolute Gasteiger partial charge is 0.171 e. The van der Waals surface area contributed by atoms with Crippen molar-refractivity contribution < 1.29 is 4.74 Å². The molecule has 0 unspecified atom stereocenters. The van der Waals surface area contributed by atoms with Crippen molar-refractivity contribution in [1.29, 1.82) is 0 Å². The Kier molecular flexibility index (Phi) is 2.78. The van der Waals surface area contributed by atoms with E-state index in [-0.39, 0.29) is 0 Å². The van der Waals surface area contributed by atoms with Crippen LogP contribution in [0.4, 0.5) is 11.6 Å². The summed E-state index contributed by atoms with van der Waals surface area (Å²) in [6, 6.07) is 0. The van der Waals surface area contributed by atoms with E-state index in [9.17, 15) is 0 Å². The summed E-state index contributed by atoms with van der Waals surface area (Å²) in [5.74, 6) is 1.27. The number of ether oxygens (including phenoxy) is 1. The van der Waals surface area contributed by atoms with Crippen LogP contribution >= 0.6 is 0 Å². The maximum Gasteiger partial charge on any atom is 0.171 e. The summed E-state index contributed by atoms with van der Waals surface area (Å²) in [5.41, 5.74) is 5.75. The van der Waals surface area contributed by atoms with Crippen molar-refractivity contribution >= 4 is 11.6 Å². The van der Waals surface area contributed by atoms with Gasteiger partial charge < -0.3 is 15.4 Å². The molecule has 0 spiro atoms. The van der Waals surface area contributed by atoms with Gasteiger partial charge in [0, 0.05) is 32.1 Å². The fraction of sp³-hybridized carbons (Fsp3) is 0.556. The van der Waals surface area contributed by atoms with Crippen molar-refractivity contribution in [1.82, 2.24) is 9.97 Å². The molecule has 0 aliphatic carbocycles. The highest BCUT2D eigenvalue weighted by Crippen LogP contribution is 2.17. The molecule has 2 heterocycles. The number of hydrogen-bond acceptors (Lipinski definition) is 5. The zero-order valence-electron chi connectivity index (χ0n) is 8.02. The maximum atomic E-state index is 5.75. The highest BCUT2D eigenvalue weighted by atomic mass is 16.5. The van der Waals surface area contributed by atoms with Crippen LogP contribution in [0.15, 0.2) is 12.4 Å². The summed E-state index contributed by atoms with van der Waals surface area (Å²) in [6.07, 6.45) is 4.28. The minimum Gasteiger partial charge on any atom is -0.381 e. The molecule has 1 saturated heterocycles. The molecule has 0 aromatic carbocycles. The average Bonchev–Trinajstić information content (AvgIpc) is 2.47. The zero-order valence-corrected chi connectivity index (χ0v) is 8.02. The number of nitrogen functional groups attached to an aromatic ring is 1. The first-order valence-electron chi connectivity index (χ1n) is 4.77. The summed E-state index contributed by atoms with van der Waals surface area (Å²) in [4.78, 5) is 10.4. The zero-order chi connectivity index (χ0) is 9.80. The van der Waals surface area contributed by atoms with Gasteiger partial charge in [-0.2, -0.15) is 0 Å². The molecule has 1 aromatic rings. The molecule has 1 fully saturated rings. The highest BCUT2D eigenvalue weighted by Gasteiger charge is 2.13. The second-order valence-corrected chi connectivity index (χ2v) is 3.22. The quantitative estimate of drug-likeness (QED) is 0.696. The van der Waals surface area contributed by atoms with Crippen molar-refractivity contribution in [3.63, 3.8) is 0 Å². The van der Waals surface area contributed by atoms with E-state index in [0.29, 0.717) is 5.82 Å². The first-order valence-corrected chi connectivity index (χ1v) is 4.77. The first-order chi connectivity index (χ1) is 6.88. The monoisotopic (exact) mass is 194 g/mol. The van der Waals surface area contributed by atoms with E-state index in [4.69, 9.17) is 10.5 Å². The molecule has 5 heteroatoms. The predicted molar refractivity (Wildman–Crippen MR) is 54.1 cm³/mol. The lowest BCUT2D eigenvalue weighted by molar-refractivity contribution is 0.152. The number of nitrogens with zero attached hydrogens (tertiary/aromatic N) is 3. The molecule has 5 nitrogen and oxygen atoms in total. The summed E-state index contributed by atoms with van der Waals surface area (Å²) in [5, 5.41) is 0. The van der Waals surface area contributed by atoms with Crippen LogP contribution in [-0.4, -0.2) is 36.3 Å². The molecule has 1 aliphatic rings. The van der Waals surface area contributed by atoms with Crippen LogP contribution in [0.3, 0.4) is 0 Å². The highest BCUT2D eigenvalue weighted by molar-refractivity contribution is 5.57. The Morgan fingerprint density at radius 3 is 2.93 bits per heavy atom. The Balaban J connectivity index is 2.16. The van der Waals surface area contributed by atoms with E-state index < -0.39 is 0 Å². The summed E-state index contributed by atoms with van der Waals surface area (Å²) in [6.45, 7) is 3.32. The molecule has 76 valence electrons. The largest absolute Gasteiger partial charge is 0.381 e. The third kappa shape index (κ3) is 1.93. The van der Waals surface area contributed by atoms with Gasteiger partial charge >= 0.3 is 0 Å². The third-order valence-corrected chi connectivity index (χ3v) is 2.23. The third-order valence-electron chi connectivity index (χ3n) is 2.23. The van der Waals surface area contributed by atoms with E-state index >= 15 is 0 Å². The van der Waals surface area contributed by atoms with Crippen molar-refractivity contribution in [3.05, 3.63) is 12.4 Å². The van der Waals surface area contributed by atoms with Gasteiger partial charge in [0.2, 0.25) is 0 Å². The molecule has 0 radical (unpaired) electrons. The van der Waals surface area contributed by atoms with Crippen LogP contribution in [0, 0.1) is 0 Å². The topological polar surface area (TPSA) is 64.3 Å². The predicted octanol–water partition coefficient (Wildman–Crippen LogP) is 0.285. The number of hydrogen-bond donors (Lipinski definition) is 1. The lowest BCUT2D eigenvalue weighted by Crippen LogP contribution is -2.27. The van der Waals surface area contributed by atoms with Gasteiger partial charge in [-0.25, -0.2) is 9.97 Å². The minimum absolute atomic E-state index is 0.495. The van der Waals surface area contributed by atoms with E-state index in [1.807, 2.05) is 0 Å². The summed E-state index contributed by atoms with van der Waals surface area (Å²) < 4.78 is 5.36. The molecule has 0 amide bonds. The van der Waals surface area contributed by atoms with Gasteiger partial charge in [-0.3, -0.25) is 0 Å². The van der Waals surface area contributed by atoms with Crippen molar-refractivity contribution in [3.8, 4) is 0 Å². The van der Waals surface area contributed by atoms with Crippen molar-refractivity contribution in [2.45, 2.75) is 6.42 Å². The van der Waals surface area contributed by atoms with Crippen LogP contribution in [0.5, 0.6) is 0 Å². The second kappa shape index (κ2) is 4.23. The van der Waals surface area contributed by atoms with E-state index in [2.05, 4.69) is 14.9 Å². The maximum absolute atomic E-state index is 5.75. The Bertz CT molecular complexity index is 297. The lowest BCUT2D eigenvalue weighted by atomic mass is 10.4. The van der Waals surface area contributed by atoms with Crippen LogP contribution in [0.1, 0.15) is 6.42 Å². The van der Waals surface area contributed by atoms with Crippen LogP contribution < -0.4 is 10.6 Å². The normalized spacial score (nSPS) is 17.9. The Morgan fingerprint density at radius 1 is 1.21 bits per heavy atom. The number of nitrogens with two attached hydrogens (primary N) is 1. The van der Waals surface area contributed by atoms with Crippen LogP contribution in [0.2, 0.25) is 0 Å². The molecule has 0 saturated carbocycles. The Hall–Kier alpha value is -1.36. The summed E-state index contributed by atoms with van der Waals surface area (Å²) in [7, 11) is 0. The molecule has 1 aliphatic heterocycles. The number of anilines is 2. The lowest BCUT2D eigenvalue weighted by Gasteiger charge is -2.20. The van der Waals surface area contributed by atoms with Gasteiger partial charge in [-0.1, -0.05) is 0 Å². The van der Waals surface area contributed by atoms with Crippen molar-refractivity contribution in [2.24, 2.45) is 0 Å². The van der Waals surface area contributed by atoms with Crippen LogP contribution in [0.25, 0.3) is 0 Å². The van der Waals surface area contributed by atoms with Gasteiger partial charge in [0.15, 0.2) is 11.6 Å². The van der Waals surface area contributed by atoms with Gasteiger partial charge in [0.05, 0.1) is 6.61 Å². The SMILES string of the molecule is Nc1nccnc1N1CCCOCC1. The molecule has 0 atom stereocenters. The molecule has 1 aromatic heterocycles. The Labute approximate surface area is 82.9 Å². The number of rotatable bonds is 1. The van der Waals surface area contributed by atoms with E-state index in [1.165, 1.54) is 0 Å². The molecule has 14 heavy (non-hydrogen) atoms. The van der Waals surface area contributed by atoms with Gasteiger partial charge in [-0.15, -0.1) is 0 Å².